The number of aliphatic hydroxyl groups is 1. The van der Waals surface area contributed by atoms with Crippen molar-refractivity contribution in [3.8, 4) is 11.3 Å². The number of benzene rings is 2. The Morgan fingerprint density at radius 2 is 2.03 bits per heavy atom. The fourth-order valence-electron chi connectivity index (χ4n) is 3.91. The average Bonchev–Trinajstić information content (AvgIpc) is 3.29. The number of amides is 1. The summed E-state index contributed by atoms with van der Waals surface area (Å²) in [6, 6.07) is 11.2. The van der Waals surface area contributed by atoms with E-state index in [2.05, 4.69) is 10.6 Å². The van der Waals surface area contributed by atoms with E-state index in [1.165, 1.54) is 4.57 Å². The Morgan fingerprint density at radius 3 is 2.75 bits per heavy atom. The first-order valence-electron chi connectivity index (χ1n) is 10.5. The standard InChI is InChI=1S/C24H26ClN3O4/c1-24(2,3)32-23(31)28-19-7-4-14(12-26-8-9-29)10-15(19)11-20(28)16-5-6-18(25)17-13-27-22(30)21(16)17/h4-7,10-11,26,29H,8-9,12-13H2,1-3H3,(H,27,30). The number of rotatable bonds is 5. The van der Waals surface area contributed by atoms with Gasteiger partial charge in [-0.15, -0.1) is 0 Å². The van der Waals surface area contributed by atoms with Gasteiger partial charge >= 0.3 is 6.09 Å². The fraction of sp³-hybridized carbons (Fsp3) is 0.333. The predicted octanol–water partition coefficient (Wildman–Crippen LogP) is 4.07. The fourth-order valence-corrected chi connectivity index (χ4v) is 4.14. The molecule has 3 aromatic rings. The molecule has 168 valence electrons. The molecule has 1 aliphatic rings. The summed E-state index contributed by atoms with van der Waals surface area (Å²) in [5, 5.41) is 16.3. The molecule has 8 heteroatoms. The highest BCUT2D eigenvalue weighted by Crippen LogP contribution is 2.37. The van der Waals surface area contributed by atoms with Gasteiger partial charge in [-0.3, -0.25) is 4.79 Å². The highest BCUT2D eigenvalue weighted by atomic mass is 35.5. The molecule has 1 amide bonds. The van der Waals surface area contributed by atoms with Gasteiger partial charge < -0.3 is 20.5 Å². The van der Waals surface area contributed by atoms with E-state index in [0.717, 1.165) is 16.5 Å². The van der Waals surface area contributed by atoms with Gasteiger partial charge in [0.2, 0.25) is 0 Å². The molecule has 0 unspecified atom stereocenters. The van der Waals surface area contributed by atoms with Crippen LogP contribution in [0.2, 0.25) is 5.02 Å². The number of hydrogen-bond donors (Lipinski definition) is 3. The molecule has 1 aromatic heterocycles. The third-order valence-corrected chi connectivity index (χ3v) is 5.60. The number of nitrogens with one attached hydrogen (secondary N) is 2. The van der Waals surface area contributed by atoms with E-state index in [9.17, 15) is 9.59 Å². The number of carbonyl (C=O) groups is 2. The van der Waals surface area contributed by atoms with Crippen molar-refractivity contribution in [2.45, 2.75) is 39.5 Å². The van der Waals surface area contributed by atoms with Gasteiger partial charge in [-0.2, -0.15) is 0 Å². The molecular formula is C24H26ClN3O4. The summed E-state index contributed by atoms with van der Waals surface area (Å²) in [6.07, 6.45) is -0.518. The van der Waals surface area contributed by atoms with Gasteiger partial charge in [0.1, 0.15) is 5.60 Å². The predicted molar refractivity (Wildman–Crippen MR) is 124 cm³/mol. The lowest BCUT2D eigenvalue weighted by atomic mass is 10.00. The van der Waals surface area contributed by atoms with Crippen LogP contribution in [0.4, 0.5) is 4.79 Å². The van der Waals surface area contributed by atoms with Crippen molar-refractivity contribution in [3.05, 3.63) is 58.1 Å². The van der Waals surface area contributed by atoms with Crippen molar-refractivity contribution in [1.29, 1.82) is 0 Å². The Bertz CT molecular complexity index is 1210. The summed E-state index contributed by atoms with van der Waals surface area (Å²) in [6.45, 7) is 6.94. The highest BCUT2D eigenvalue weighted by Gasteiger charge is 2.29. The maximum atomic E-state index is 13.2. The second-order valence-electron chi connectivity index (χ2n) is 8.77. The van der Waals surface area contributed by atoms with Crippen LogP contribution in [0, 0.1) is 0 Å². The normalized spacial score (nSPS) is 13.3. The molecular weight excluding hydrogens is 430 g/mol. The van der Waals surface area contributed by atoms with Crippen molar-refractivity contribution in [2.24, 2.45) is 0 Å². The van der Waals surface area contributed by atoms with E-state index in [1.54, 1.807) is 12.1 Å². The first-order valence-corrected chi connectivity index (χ1v) is 10.9. The van der Waals surface area contributed by atoms with Gasteiger partial charge in [0.15, 0.2) is 0 Å². The third-order valence-electron chi connectivity index (χ3n) is 5.24. The Kier molecular flexibility index (Phi) is 5.99. The molecule has 1 aliphatic heterocycles. The Labute approximate surface area is 191 Å². The molecule has 4 rings (SSSR count). The molecule has 3 N–H and O–H groups in total. The van der Waals surface area contributed by atoms with Crippen LogP contribution in [0.25, 0.3) is 22.2 Å². The molecule has 2 aromatic carbocycles. The molecule has 0 spiro atoms. The number of halogens is 1. The SMILES string of the molecule is CC(C)(C)OC(=O)n1c(-c2ccc(Cl)c3c2C(=O)NC3)cc2cc(CNCCO)ccc21. The zero-order chi connectivity index (χ0) is 23.0. The molecule has 7 nitrogen and oxygen atoms in total. The zero-order valence-corrected chi connectivity index (χ0v) is 19.0. The van der Waals surface area contributed by atoms with E-state index in [-0.39, 0.29) is 12.5 Å². The zero-order valence-electron chi connectivity index (χ0n) is 18.3. The van der Waals surface area contributed by atoms with E-state index in [4.69, 9.17) is 21.4 Å². The third kappa shape index (κ3) is 4.24. The second kappa shape index (κ2) is 8.58. The molecule has 32 heavy (non-hydrogen) atoms. The first kappa shape index (κ1) is 22.3. The second-order valence-corrected chi connectivity index (χ2v) is 9.18. The van der Waals surface area contributed by atoms with Crippen LogP contribution in [0.1, 0.15) is 42.3 Å². The van der Waals surface area contributed by atoms with Gasteiger partial charge in [-0.25, -0.2) is 9.36 Å². The molecule has 0 atom stereocenters. The monoisotopic (exact) mass is 455 g/mol. The van der Waals surface area contributed by atoms with Gasteiger partial charge in [-0.1, -0.05) is 23.7 Å². The molecule has 0 radical (unpaired) electrons. The molecule has 0 bridgehead atoms. The summed E-state index contributed by atoms with van der Waals surface area (Å²) < 4.78 is 7.20. The number of hydrogen-bond acceptors (Lipinski definition) is 5. The lowest BCUT2D eigenvalue weighted by molar-refractivity contribution is 0.0547. The number of carbonyl (C=O) groups excluding carboxylic acids is 2. The van der Waals surface area contributed by atoms with Gasteiger partial charge in [0.25, 0.3) is 5.91 Å². The molecule has 0 saturated heterocycles. The summed E-state index contributed by atoms with van der Waals surface area (Å²) in [5.41, 5.74) is 3.42. The minimum absolute atomic E-state index is 0.0607. The smallest absolute Gasteiger partial charge is 0.419 e. The number of ether oxygens (including phenoxy) is 1. The highest BCUT2D eigenvalue weighted by molar-refractivity contribution is 6.32. The van der Waals surface area contributed by atoms with Crippen LogP contribution in [0.5, 0.6) is 0 Å². The van der Waals surface area contributed by atoms with E-state index in [1.807, 2.05) is 45.0 Å². The van der Waals surface area contributed by atoms with Crippen molar-refractivity contribution in [3.63, 3.8) is 0 Å². The maximum Gasteiger partial charge on any atom is 0.419 e. The van der Waals surface area contributed by atoms with Crippen LogP contribution < -0.4 is 10.6 Å². The van der Waals surface area contributed by atoms with Gasteiger partial charge in [0, 0.05) is 41.2 Å². The topological polar surface area (TPSA) is 92.6 Å². The Balaban J connectivity index is 1.90. The van der Waals surface area contributed by atoms with Crippen LogP contribution in [-0.4, -0.2) is 40.4 Å². The largest absolute Gasteiger partial charge is 0.443 e. The Morgan fingerprint density at radius 1 is 1.25 bits per heavy atom. The average molecular weight is 456 g/mol. The van der Waals surface area contributed by atoms with Crippen LogP contribution >= 0.6 is 11.6 Å². The first-order chi connectivity index (χ1) is 15.2. The number of nitrogens with zero attached hydrogens (tertiary/aromatic N) is 1. The summed E-state index contributed by atoms with van der Waals surface area (Å²) in [5.74, 6) is -0.215. The summed E-state index contributed by atoms with van der Waals surface area (Å²) >= 11 is 6.33. The minimum atomic E-state index is -0.682. The van der Waals surface area contributed by atoms with Gasteiger partial charge in [-0.05, 0) is 50.6 Å². The van der Waals surface area contributed by atoms with Crippen molar-refractivity contribution < 1.29 is 19.4 Å². The van der Waals surface area contributed by atoms with E-state index >= 15 is 0 Å². The quantitative estimate of drug-likeness (QED) is 0.504. The number of aromatic nitrogens is 1. The number of fused-ring (bicyclic) bond motifs is 2. The summed E-state index contributed by atoms with van der Waals surface area (Å²) in [4.78, 5) is 25.9. The molecule has 2 heterocycles. The summed E-state index contributed by atoms with van der Waals surface area (Å²) in [7, 11) is 0. The van der Waals surface area contributed by atoms with Crippen molar-refractivity contribution >= 4 is 34.5 Å². The lowest BCUT2D eigenvalue weighted by Gasteiger charge is -2.21. The molecule has 0 fully saturated rings. The van der Waals surface area contributed by atoms with E-state index < -0.39 is 11.7 Å². The lowest BCUT2D eigenvalue weighted by Crippen LogP contribution is -2.27. The van der Waals surface area contributed by atoms with Crippen molar-refractivity contribution in [2.75, 3.05) is 13.2 Å². The van der Waals surface area contributed by atoms with E-state index in [0.29, 0.717) is 47.0 Å². The van der Waals surface area contributed by atoms with Gasteiger partial charge in [0.05, 0.1) is 23.4 Å². The molecule has 0 saturated carbocycles. The maximum absolute atomic E-state index is 13.2. The van der Waals surface area contributed by atoms with Crippen LogP contribution in [0.15, 0.2) is 36.4 Å². The van der Waals surface area contributed by atoms with Crippen LogP contribution in [0.3, 0.4) is 0 Å². The minimum Gasteiger partial charge on any atom is -0.443 e. The molecule has 0 aliphatic carbocycles. The Hall–Kier alpha value is -2.87. The van der Waals surface area contributed by atoms with Crippen molar-refractivity contribution in [1.82, 2.24) is 15.2 Å². The number of aliphatic hydroxyl groups excluding tert-OH is 1. The van der Waals surface area contributed by atoms with Crippen LogP contribution in [-0.2, 0) is 17.8 Å².